The highest BCUT2D eigenvalue weighted by atomic mass is 16.5. The first-order valence-electron chi connectivity index (χ1n) is 8.19. The van der Waals surface area contributed by atoms with Gasteiger partial charge in [-0.25, -0.2) is 0 Å². The predicted octanol–water partition coefficient (Wildman–Crippen LogP) is 2.15. The minimum Gasteiger partial charge on any atom is -0.479 e. The van der Waals surface area contributed by atoms with Crippen LogP contribution in [-0.4, -0.2) is 41.6 Å². The van der Waals surface area contributed by atoms with Crippen molar-refractivity contribution >= 4 is 17.5 Å². The van der Waals surface area contributed by atoms with E-state index in [0.29, 0.717) is 36.0 Å². The summed E-state index contributed by atoms with van der Waals surface area (Å²) < 4.78 is 10.6. The Hall–Kier alpha value is -2.83. The average molecular weight is 343 g/mol. The van der Waals surface area contributed by atoms with E-state index in [2.05, 4.69) is 5.16 Å². The number of benzene rings is 1. The van der Waals surface area contributed by atoms with E-state index in [9.17, 15) is 9.59 Å². The molecule has 7 heteroatoms. The molecular formula is C18H21N3O4. The van der Waals surface area contributed by atoms with E-state index >= 15 is 0 Å². The van der Waals surface area contributed by atoms with Crippen LogP contribution in [0.5, 0.6) is 5.75 Å². The van der Waals surface area contributed by atoms with Gasteiger partial charge in [0.15, 0.2) is 6.10 Å². The molecule has 0 radical (unpaired) electrons. The molecule has 1 unspecified atom stereocenters. The molecule has 2 aromatic rings. The standard InChI is InChI=1S/C18H21N3O4/c1-12-10-14(19-25-12)11-20(3)17(22)8-9-21-15-6-4-5-7-16(15)24-13(2)18(21)23/h4-7,10,13H,8-9,11H2,1-3H3. The van der Waals surface area contributed by atoms with Gasteiger partial charge in [-0.3, -0.25) is 9.59 Å². The first kappa shape index (κ1) is 17.0. The summed E-state index contributed by atoms with van der Waals surface area (Å²) in [5.41, 5.74) is 1.41. The second kappa shape index (κ2) is 6.96. The normalized spacial score (nSPS) is 16.4. The molecule has 1 aromatic carbocycles. The van der Waals surface area contributed by atoms with Gasteiger partial charge in [0.2, 0.25) is 5.91 Å². The first-order chi connectivity index (χ1) is 12.0. The van der Waals surface area contributed by atoms with Crippen molar-refractivity contribution in [2.45, 2.75) is 32.9 Å². The van der Waals surface area contributed by atoms with E-state index < -0.39 is 6.10 Å². The smallest absolute Gasteiger partial charge is 0.267 e. The van der Waals surface area contributed by atoms with Crippen LogP contribution < -0.4 is 9.64 Å². The molecule has 0 saturated carbocycles. The summed E-state index contributed by atoms with van der Waals surface area (Å²) >= 11 is 0. The fourth-order valence-corrected chi connectivity index (χ4v) is 2.81. The van der Waals surface area contributed by atoms with Crippen molar-refractivity contribution in [3.63, 3.8) is 0 Å². The summed E-state index contributed by atoms with van der Waals surface area (Å²) in [4.78, 5) is 28.0. The van der Waals surface area contributed by atoms with Crippen molar-refractivity contribution in [1.29, 1.82) is 0 Å². The monoisotopic (exact) mass is 343 g/mol. The van der Waals surface area contributed by atoms with E-state index in [0.717, 1.165) is 0 Å². The van der Waals surface area contributed by atoms with Crippen LogP contribution in [0.15, 0.2) is 34.9 Å². The predicted molar refractivity (Wildman–Crippen MR) is 91.2 cm³/mol. The summed E-state index contributed by atoms with van der Waals surface area (Å²) in [6.45, 7) is 4.21. The summed E-state index contributed by atoms with van der Waals surface area (Å²) in [5, 5.41) is 3.89. The van der Waals surface area contributed by atoms with Gasteiger partial charge in [0.05, 0.1) is 12.2 Å². The average Bonchev–Trinajstić information content (AvgIpc) is 3.00. The zero-order chi connectivity index (χ0) is 18.0. The highest BCUT2D eigenvalue weighted by molar-refractivity contribution is 6.00. The number of hydrogen-bond acceptors (Lipinski definition) is 5. The number of hydrogen-bond donors (Lipinski definition) is 0. The Morgan fingerprint density at radius 2 is 2.12 bits per heavy atom. The third kappa shape index (κ3) is 3.65. The van der Waals surface area contributed by atoms with E-state index in [1.807, 2.05) is 24.3 Å². The maximum absolute atomic E-state index is 12.4. The molecular weight excluding hydrogens is 322 g/mol. The molecule has 0 aliphatic carbocycles. The third-order valence-electron chi connectivity index (χ3n) is 4.12. The van der Waals surface area contributed by atoms with Gasteiger partial charge in [-0.05, 0) is 26.0 Å². The van der Waals surface area contributed by atoms with Crippen LogP contribution in [0.25, 0.3) is 0 Å². The maximum atomic E-state index is 12.4. The molecule has 3 rings (SSSR count). The first-order valence-corrected chi connectivity index (χ1v) is 8.19. The Bertz CT molecular complexity index is 786. The van der Waals surface area contributed by atoms with Gasteiger partial charge >= 0.3 is 0 Å². The quantitative estimate of drug-likeness (QED) is 0.831. The minimum atomic E-state index is -0.555. The van der Waals surface area contributed by atoms with Crippen LogP contribution in [-0.2, 0) is 16.1 Å². The molecule has 2 heterocycles. The summed E-state index contributed by atoms with van der Waals surface area (Å²) in [6, 6.07) is 9.16. The van der Waals surface area contributed by atoms with Crippen LogP contribution in [0.1, 0.15) is 24.8 Å². The van der Waals surface area contributed by atoms with E-state index in [1.165, 1.54) is 0 Å². The Labute approximate surface area is 146 Å². The number of carbonyl (C=O) groups is 2. The van der Waals surface area contributed by atoms with Crippen LogP contribution in [0.4, 0.5) is 5.69 Å². The summed E-state index contributed by atoms with van der Waals surface area (Å²) in [7, 11) is 1.71. The van der Waals surface area contributed by atoms with Crippen molar-refractivity contribution < 1.29 is 18.8 Å². The largest absolute Gasteiger partial charge is 0.479 e. The van der Waals surface area contributed by atoms with Gasteiger partial charge in [0, 0.05) is 26.1 Å². The highest BCUT2D eigenvalue weighted by Gasteiger charge is 2.31. The molecule has 1 aliphatic heterocycles. The van der Waals surface area contributed by atoms with E-state index in [4.69, 9.17) is 9.26 Å². The van der Waals surface area contributed by atoms with Crippen molar-refractivity contribution in [2.75, 3.05) is 18.5 Å². The summed E-state index contributed by atoms with van der Waals surface area (Å²) in [5.74, 6) is 1.17. The molecule has 132 valence electrons. The molecule has 0 spiro atoms. The minimum absolute atomic E-state index is 0.0647. The molecule has 0 saturated heterocycles. The molecule has 25 heavy (non-hydrogen) atoms. The SMILES string of the molecule is Cc1cc(CN(C)C(=O)CCN2C(=O)C(C)Oc3ccccc32)no1. The zero-order valence-corrected chi connectivity index (χ0v) is 14.6. The van der Waals surface area contributed by atoms with Crippen molar-refractivity contribution in [1.82, 2.24) is 10.1 Å². The fraction of sp³-hybridized carbons (Fsp3) is 0.389. The van der Waals surface area contributed by atoms with Crippen LogP contribution in [0.3, 0.4) is 0 Å². The molecule has 0 fully saturated rings. The third-order valence-corrected chi connectivity index (χ3v) is 4.12. The van der Waals surface area contributed by atoms with Crippen LogP contribution in [0.2, 0.25) is 0 Å². The number of para-hydroxylation sites is 2. The van der Waals surface area contributed by atoms with Gasteiger partial charge in [0.25, 0.3) is 5.91 Å². The van der Waals surface area contributed by atoms with Gasteiger partial charge in [0.1, 0.15) is 17.2 Å². The topological polar surface area (TPSA) is 75.9 Å². The van der Waals surface area contributed by atoms with Gasteiger partial charge in [-0.15, -0.1) is 0 Å². The van der Waals surface area contributed by atoms with Gasteiger partial charge < -0.3 is 19.1 Å². The van der Waals surface area contributed by atoms with Crippen LogP contribution >= 0.6 is 0 Å². The maximum Gasteiger partial charge on any atom is 0.267 e. The number of aromatic nitrogens is 1. The van der Waals surface area contributed by atoms with E-state index in [-0.39, 0.29) is 18.2 Å². The number of carbonyl (C=O) groups excluding carboxylic acids is 2. The molecule has 1 aliphatic rings. The lowest BCUT2D eigenvalue weighted by Crippen LogP contribution is -2.45. The zero-order valence-electron chi connectivity index (χ0n) is 14.6. The number of amides is 2. The Morgan fingerprint density at radius 1 is 1.36 bits per heavy atom. The molecule has 2 amide bonds. The number of nitrogens with zero attached hydrogens (tertiary/aromatic N) is 3. The van der Waals surface area contributed by atoms with Crippen LogP contribution in [0, 0.1) is 6.92 Å². The number of rotatable bonds is 5. The van der Waals surface area contributed by atoms with Gasteiger partial charge in [-0.2, -0.15) is 0 Å². The number of fused-ring (bicyclic) bond motifs is 1. The molecule has 0 bridgehead atoms. The van der Waals surface area contributed by atoms with Crippen molar-refractivity contribution in [3.8, 4) is 5.75 Å². The fourth-order valence-electron chi connectivity index (χ4n) is 2.81. The highest BCUT2D eigenvalue weighted by Crippen LogP contribution is 2.33. The van der Waals surface area contributed by atoms with Gasteiger partial charge in [-0.1, -0.05) is 17.3 Å². The van der Waals surface area contributed by atoms with Crippen molar-refractivity contribution in [2.24, 2.45) is 0 Å². The Balaban J connectivity index is 1.64. The lowest BCUT2D eigenvalue weighted by Gasteiger charge is -2.33. The Kier molecular flexibility index (Phi) is 4.74. The lowest BCUT2D eigenvalue weighted by atomic mass is 10.1. The lowest BCUT2D eigenvalue weighted by molar-refractivity contribution is -0.130. The number of aryl methyl sites for hydroxylation is 1. The second-order valence-corrected chi connectivity index (χ2v) is 6.15. The summed E-state index contributed by atoms with van der Waals surface area (Å²) in [6.07, 6.45) is -0.332. The van der Waals surface area contributed by atoms with E-state index in [1.54, 1.807) is 36.8 Å². The van der Waals surface area contributed by atoms with Crippen molar-refractivity contribution in [3.05, 3.63) is 41.8 Å². The number of ether oxygens (including phenoxy) is 1. The molecule has 0 N–H and O–H groups in total. The molecule has 7 nitrogen and oxygen atoms in total. The Morgan fingerprint density at radius 3 is 2.84 bits per heavy atom. The second-order valence-electron chi connectivity index (χ2n) is 6.15. The molecule has 1 aromatic heterocycles. The number of anilines is 1. The molecule has 1 atom stereocenters.